The van der Waals surface area contributed by atoms with Crippen molar-refractivity contribution in [1.82, 2.24) is 9.78 Å². The second-order valence-electron chi connectivity index (χ2n) is 6.93. The van der Waals surface area contributed by atoms with Crippen molar-refractivity contribution in [1.29, 1.82) is 0 Å². The fourth-order valence-electron chi connectivity index (χ4n) is 3.03. The van der Waals surface area contributed by atoms with E-state index in [0.717, 1.165) is 34.1 Å². The first kappa shape index (κ1) is 19.4. The molecule has 4 rings (SSSR count). The van der Waals surface area contributed by atoms with Crippen molar-refractivity contribution in [3.63, 3.8) is 0 Å². The summed E-state index contributed by atoms with van der Waals surface area (Å²) in [7, 11) is 0. The van der Waals surface area contributed by atoms with Gasteiger partial charge in [0.2, 0.25) is 0 Å². The van der Waals surface area contributed by atoms with E-state index in [9.17, 15) is 0 Å². The lowest BCUT2D eigenvalue weighted by Gasteiger charge is -2.04. The summed E-state index contributed by atoms with van der Waals surface area (Å²) < 4.78 is 7.40. The minimum absolute atomic E-state index is 0.492. The lowest BCUT2D eigenvalue weighted by Crippen LogP contribution is -1.96. The van der Waals surface area contributed by atoms with Gasteiger partial charge in [0, 0.05) is 17.8 Å². The van der Waals surface area contributed by atoms with Crippen molar-refractivity contribution in [2.75, 3.05) is 6.61 Å². The second-order valence-corrected chi connectivity index (χ2v) is 6.93. The largest absolute Gasteiger partial charge is 0.490 e. The molecule has 0 saturated carbocycles. The molecule has 0 radical (unpaired) electrons. The van der Waals surface area contributed by atoms with Crippen molar-refractivity contribution in [2.45, 2.75) is 6.92 Å². The Morgan fingerprint density at radius 2 is 1.70 bits per heavy atom. The summed E-state index contributed by atoms with van der Waals surface area (Å²) in [5.74, 6) is 1.58. The number of ether oxygens (including phenoxy) is 1. The van der Waals surface area contributed by atoms with Gasteiger partial charge >= 0.3 is 0 Å². The van der Waals surface area contributed by atoms with Crippen molar-refractivity contribution < 1.29 is 4.74 Å². The highest BCUT2D eigenvalue weighted by Crippen LogP contribution is 2.27. The molecule has 3 aromatic carbocycles. The average Bonchev–Trinajstić information content (AvgIpc) is 3.22. The first-order chi connectivity index (χ1) is 14.7. The third-order valence-corrected chi connectivity index (χ3v) is 4.63. The van der Waals surface area contributed by atoms with Crippen LogP contribution in [0, 0.1) is 6.92 Å². The molecule has 1 aromatic heterocycles. The maximum absolute atomic E-state index is 5.53. The minimum atomic E-state index is 0.492. The molecule has 148 valence electrons. The van der Waals surface area contributed by atoms with E-state index >= 15 is 0 Å². The van der Waals surface area contributed by atoms with Crippen LogP contribution in [0.25, 0.3) is 16.9 Å². The molecule has 0 saturated heterocycles. The molecule has 0 unspecified atom stereocenters. The van der Waals surface area contributed by atoms with Gasteiger partial charge in [-0.3, -0.25) is 0 Å². The van der Waals surface area contributed by atoms with Crippen LogP contribution in [0.15, 0.2) is 103 Å². The molecule has 30 heavy (non-hydrogen) atoms. The first-order valence-electron chi connectivity index (χ1n) is 9.83. The van der Waals surface area contributed by atoms with Crippen LogP contribution in [0.1, 0.15) is 11.1 Å². The molecule has 0 aliphatic heterocycles. The highest BCUT2D eigenvalue weighted by Gasteiger charge is 2.10. The van der Waals surface area contributed by atoms with E-state index in [1.54, 1.807) is 6.08 Å². The third kappa shape index (κ3) is 4.55. The molecule has 4 aromatic rings. The number of hydrogen-bond acceptors (Lipinski definition) is 3. The standard InChI is InChI=1S/C26H23N3O/c1-3-17-30-24-15-11-21(12-16-24)19-27-26-18-25(22-13-9-20(2)10-14-22)28-29(26)23-7-5-4-6-8-23/h3-16,18-19H,1,17H2,2H3. The Morgan fingerprint density at radius 1 is 0.967 bits per heavy atom. The number of aliphatic imine (C=N–C) groups is 1. The normalized spacial score (nSPS) is 11.0. The molecular weight excluding hydrogens is 370 g/mol. The number of rotatable bonds is 7. The van der Waals surface area contributed by atoms with Crippen LogP contribution in [-0.2, 0) is 0 Å². The molecular formula is C26H23N3O. The lowest BCUT2D eigenvalue weighted by atomic mass is 10.1. The molecule has 0 fully saturated rings. The van der Waals surface area contributed by atoms with Gasteiger partial charge in [-0.05, 0) is 48.9 Å². The van der Waals surface area contributed by atoms with Gasteiger partial charge in [0.05, 0.1) is 11.4 Å². The Labute approximate surface area is 176 Å². The van der Waals surface area contributed by atoms with Crippen LogP contribution in [0.5, 0.6) is 5.75 Å². The highest BCUT2D eigenvalue weighted by atomic mass is 16.5. The van der Waals surface area contributed by atoms with E-state index in [1.807, 2.05) is 71.6 Å². The van der Waals surface area contributed by atoms with Gasteiger partial charge in [-0.25, -0.2) is 9.67 Å². The fraction of sp³-hybridized carbons (Fsp3) is 0.0769. The average molecular weight is 393 g/mol. The van der Waals surface area contributed by atoms with Gasteiger partial charge < -0.3 is 4.74 Å². The van der Waals surface area contributed by atoms with Gasteiger partial charge in [0.25, 0.3) is 0 Å². The molecule has 0 amide bonds. The number of aromatic nitrogens is 2. The predicted octanol–water partition coefficient (Wildman–Crippen LogP) is 6.16. The quantitative estimate of drug-likeness (QED) is 0.278. The third-order valence-electron chi connectivity index (χ3n) is 4.63. The molecule has 4 heteroatoms. The van der Waals surface area contributed by atoms with Crippen LogP contribution < -0.4 is 4.74 Å². The second kappa shape index (κ2) is 9.05. The fourth-order valence-corrected chi connectivity index (χ4v) is 3.03. The summed E-state index contributed by atoms with van der Waals surface area (Å²) in [5, 5.41) is 4.81. The Kier molecular flexibility index (Phi) is 5.85. The molecule has 0 spiro atoms. The minimum Gasteiger partial charge on any atom is -0.490 e. The highest BCUT2D eigenvalue weighted by molar-refractivity contribution is 5.82. The van der Waals surface area contributed by atoms with Gasteiger partial charge in [0.15, 0.2) is 5.82 Å². The van der Waals surface area contributed by atoms with Crippen molar-refractivity contribution in [3.8, 4) is 22.7 Å². The van der Waals surface area contributed by atoms with Crippen LogP contribution in [0.4, 0.5) is 5.82 Å². The van der Waals surface area contributed by atoms with E-state index in [-0.39, 0.29) is 0 Å². The summed E-state index contributed by atoms with van der Waals surface area (Å²) in [6.07, 6.45) is 3.57. The Bertz CT molecular complexity index is 1140. The maximum Gasteiger partial charge on any atom is 0.156 e. The van der Waals surface area contributed by atoms with E-state index < -0.39 is 0 Å². The molecule has 0 N–H and O–H groups in total. The number of benzene rings is 3. The molecule has 0 aliphatic carbocycles. The van der Waals surface area contributed by atoms with Crippen molar-refractivity contribution >= 4 is 12.0 Å². The summed E-state index contributed by atoms with van der Waals surface area (Å²) in [5.41, 5.74) is 5.13. The number of nitrogens with zero attached hydrogens (tertiary/aromatic N) is 3. The number of aryl methyl sites for hydroxylation is 1. The van der Waals surface area contributed by atoms with Crippen molar-refractivity contribution in [2.24, 2.45) is 4.99 Å². The zero-order valence-corrected chi connectivity index (χ0v) is 16.9. The van der Waals surface area contributed by atoms with E-state index in [0.29, 0.717) is 6.61 Å². The Morgan fingerprint density at radius 3 is 2.40 bits per heavy atom. The molecule has 1 heterocycles. The summed E-state index contributed by atoms with van der Waals surface area (Å²) >= 11 is 0. The topological polar surface area (TPSA) is 39.4 Å². The summed E-state index contributed by atoms with van der Waals surface area (Å²) in [6, 6.07) is 28.2. The van der Waals surface area contributed by atoms with E-state index in [1.165, 1.54) is 5.56 Å². The van der Waals surface area contributed by atoms with Crippen molar-refractivity contribution in [3.05, 3.63) is 109 Å². The molecule has 0 bridgehead atoms. The smallest absolute Gasteiger partial charge is 0.156 e. The predicted molar refractivity (Wildman–Crippen MR) is 123 cm³/mol. The van der Waals surface area contributed by atoms with E-state index in [2.05, 4.69) is 37.8 Å². The summed E-state index contributed by atoms with van der Waals surface area (Å²) in [6.45, 7) is 6.23. The van der Waals surface area contributed by atoms with Gasteiger partial charge in [-0.15, -0.1) is 0 Å². The Hall–Kier alpha value is -3.92. The number of para-hydroxylation sites is 1. The van der Waals surface area contributed by atoms with Gasteiger partial charge in [-0.2, -0.15) is 5.10 Å². The monoisotopic (exact) mass is 393 g/mol. The zero-order valence-electron chi connectivity index (χ0n) is 16.9. The SMILES string of the molecule is C=CCOc1ccc(C=Nc2cc(-c3ccc(C)cc3)nn2-c2ccccc2)cc1. The van der Waals surface area contributed by atoms with Crippen LogP contribution in [0.3, 0.4) is 0 Å². The first-order valence-corrected chi connectivity index (χ1v) is 9.83. The van der Waals surface area contributed by atoms with Crippen LogP contribution in [-0.4, -0.2) is 22.6 Å². The van der Waals surface area contributed by atoms with E-state index in [4.69, 9.17) is 14.8 Å². The van der Waals surface area contributed by atoms with Crippen LogP contribution >= 0.6 is 0 Å². The molecule has 0 atom stereocenters. The van der Waals surface area contributed by atoms with Crippen LogP contribution in [0.2, 0.25) is 0 Å². The van der Waals surface area contributed by atoms with Gasteiger partial charge in [0.1, 0.15) is 12.4 Å². The Balaban J connectivity index is 1.66. The number of hydrogen-bond donors (Lipinski definition) is 0. The zero-order chi connectivity index (χ0) is 20.8. The molecule has 0 aliphatic rings. The van der Waals surface area contributed by atoms with Gasteiger partial charge in [-0.1, -0.05) is 60.7 Å². The summed E-state index contributed by atoms with van der Waals surface area (Å²) in [4.78, 5) is 4.73. The maximum atomic E-state index is 5.53. The lowest BCUT2D eigenvalue weighted by molar-refractivity contribution is 0.363. The molecule has 4 nitrogen and oxygen atoms in total.